The van der Waals surface area contributed by atoms with Crippen LogP contribution in [0.3, 0.4) is 0 Å². The lowest BCUT2D eigenvalue weighted by atomic mass is 9.89. The van der Waals surface area contributed by atoms with Gasteiger partial charge in [-0.25, -0.2) is 0 Å². The van der Waals surface area contributed by atoms with Gasteiger partial charge in [0.15, 0.2) is 0 Å². The molecule has 3 rings (SSSR count). The van der Waals surface area contributed by atoms with Crippen LogP contribution in [0.5, 0.6) is 0 Å². The monoisotopic (exact) mass is 407 g/mol. The molecule has 22 heavy (non-hydrogen) atoms. The highest BCUT2D eigenvalue weighted by Gasteiger charge is 2.22. The number of halogens is 1. The molecule has 2 aromatic rings. The normalized spacial score (nSPS) is 16.4. The third-order valence-corrected chi connectivity index (χ3v) is 5.57. The van der Waals surface area contributed by atoms with Crippen molar-refractivity contribution in [1.29, 1.82) is 0 Å². The fourth-order valence-corrected chi connectivity index (χ4v) is 4.57. The Labute approximate surface area is 147 Å². The van der Waals surface area contributed by atoms with Crippen LogP contribution >= 0.6 is 22.6 Å². The van der Waals surface area contributed by atoms with Crippen molar-refractivity contribution in [3.05, 3.63) is 46.0 Å². The molecule has 1 radical (unpaired) electrons. The van der Waals surface area contributed by atoms with Crippen molar-refractivity contribution in [2.75, 3.05) is 0 Å². The summed E-state index contributed by atoms with van der Waals surface area (Å²) in [4.78, 5) is 0. The van der Waals surface area contributed by atoms with Gasteiger partial charge in [0.1, 0.15) is 0 Å². The Kier molecular flexibility index (Phi) is 5.21. The minimum atomic E-state index is 0.468. The van der Waals surface area contributed by atoms with E-state index in [0.717, 1.165) is 12.5 Å². The molecule has 1 aliphatic rings. The van der Waals surface area contributed by atoms with Gasteiger partial charge in [0.2, 0.25) is 0 Å². The van der Waals surface area contributed by atoms with Crippen LogP contribution in [-0.4, -0.2) is 9.78 Å². The summed E-state index contributed by atoms with van der Waals surface area (Å²) in [5, 5.41) is 4.98. The maximum Gasteiger partial charge on any atom is 0.0819 e. The van der Waals surface area contributed by atoms with E-state index in [9.17, 15) is 0 Å². The molecule has 0 spiro atoms. The molecule has 117 valence electrons. The summed E-state index contributed by atoms with van der Waals surface area (Å²) in [6.45, 7) is 5.53. The van der Waals surface area contributed by atoms with E-state index in [1.807, 2.05) is 0 Å². The Morgan fingerprint density at radius 3 is 2.50 bits per heavy atom. The van der Waals surface area contributed by atoms with Gasteiger partial charge in [-0.05, 0) is 66.5 Å². The average molecular weight is 407 g/mol. The molecule has 0 bridgehead atoms. The summed E-state index contributed by atoms with van der Waals surface area (Å²) < 4.78 is 3.60. The molecule has 2 nitrogen and oxygen atoms in total. The molecule has 1 aliphatic carbocycles. The van der Waals surface area contributed by atoms with E-state index in [2.05, 4.69) is 77.9 Å². The van der Waals surface area contributed by atoms with Gasteiger partial charge in [-0.3, -0.25) is 4.68 Å². The molecule has 1 aromatic heterocycles. The fraction of sp³-hybridized carbons (Fsp3) is 0.474. The topological polar surface area (TPSA) is 17.8 Å². The van der Waals surface area contributed by atoms with Crippen LogP contribution in [-0.2, 0) is 6.54 Å². The smallest absolute Gasteiger partial charge is 0.0819 e. The fourth-order valence-electron chi connectivity index (χ4n) is 3.25. The molecule has 1 saturated carbocycles. The maximum absolute atomic E-state index is 4.98. The van der Waals surface area contributed by atoms with E-state index in [-0.39, 0.29) is 0 Å². The Morgan fingerprint density at radius 2 is 1.86 bits per heavy atom. The zero-order valence-corrected chi connectivity index (χ0v) is 15.6. The zero-order chi connectivity index (χ0) is 15.5. The van der Waals surface area contributed by atoms with Gasteiger partial charge < -0.3 is 0 Å². The molecule has 1 fully saturated rings. The van der Waals surface area contributed by atoms with Crippen molar-refractivity contribution in [3.63, 3.8) is 0 Å². The number of hydrogen-bond donors (Lipinski definition) is 0. The number of rotatable bonds is 4. The van der Waals surface area contributed by atoms with Crippen LogP contribution < -0.4 is 0 Å². The molecule has 0 saturated heterocycles. The lowest BCUT2D eigenvalue weighted by Gasteiger charge is -2.22. The lowest BCUT2D eigenvalue weighted by Crippen LogP contribution is -2.16. The third-order valence-electron chi connectivity index (χ3n) is 4.50. The molecule has 0 N–H and O–H groups in total. The number of benzene rings is 1. The van der Waals surface area contributed by atoms with E-state index in [1.165, 1.54) is 46.2 Å². The quantitative estimate of drug-likeness (QED) is 0.597. The highest BCUT2D eigenvalue weighted by atomic mass is 127. The van der Waals surface area contributed by atoms with Crippen LogP contribution in [0.4, 0.5) is 0 Å². The largest absolute Gasteiger partial charge is 0.263 e. The van der Waals surface area contributed by atoms with Crippen LogP contribution in [0.15, 0.2) is 30.3 Å². The highest BCUT2D eigenvalue weighted by molar-refractivity contribution is 14.1. The SMILES string of the molecule is CC(C)c1nn(CC2CC[CH]CC2)c(-c2ccccc2)c1I. The zero-order valence-electron chi connectivity index (χ0n) is 13.4. The number of nitrogens with zero attached hydrogens (tertiary/aromatic N) is 2. The van der Waals surface area contributed by atoms with Crippen LogP contribution in [0.25, 0.3) is 11.3 Å². The Bertz CT molecular complexity index is 610. The highest BCUT2D eigenvalue weighted by Crippen LogP contribution is 2.33. The van der Waals surface area contributed by atoms with Gasteiger partial charge in [-0.1, -0.05) is 44.2 Å². The predicted octanol–water partition coefficient (Wildman–Crippen LogP) is 5.67. The average Bonchev–Trinajstić information content (AvgIpc) is 2.86. The van der Waals surface area contributed by atoms with Crippen LogP contribution in [0.1, 0.15) is 51.1 Å². The Morgan fingerprint density at radius 1 is 1.18 bits per heavy atom. The molecule has 0 atom stereocenters. The summed E-state index contributed by atoms with van der Waals surface area (Å²) in [6, 6.07) is 10.7. The minimum absolute atomic E-state index is 0.468. The van der Waals surface area contributed by atoms with Gasteiger partial charge in [-0.2, -0.15) is 5.10 Å². The minimum Gasteiger partial charge on any atom is -0.263 e. The second kappa shape index (κ2) is 7.16. The number of aromatic nitrogens is 2. The second-order valence-corrected chi connectivity index (χ2v) is 7.64. The van der Waals surface area contributed by atoms with Crippen LogP contribution in [0, 0.1) is 15.9 Å². The predicted molar refractivity (Wildman–Crippen MR) is 101 cm³/mol. The summed E-state index contributed by atoms with van der Waals surface area (Å²) in [7, 11) is 0. The summed E-state index contributed by atoms with van der Waals surface area (Å²) in [6.07, 6.45) is 7.58. The number of hydrogen-bond acceptors (Lipinski definition) is 1. The van der Waals surface area contributed by atoms with E-state index >= 15 is 0 Å². The van der Waals surface area contributed by atoms with Gasteiger partial charge >= 0.3 is 0 Å². The Hall–Kier alpha value is -0.840. The van der Waals surface area contributed by atoms with Crippen molar-refractivity contribution in [2.24, 2.45) is 5.92 Å². The van der Waals surface area contributed by atoms with Crippen molar-refractivity contribution in [1.82, 2.24) is 9.78 Å². The van der Waals surface area contributed by atoms with E-state index in [4.69, 9.17) is 5.10 Å². The first-order valence-corrected chi connectivity index (χ1v) is 9.38. The maximum atomic E-state index is 4.98. The van der Waals surface area contributed by atoms with Gasteiger partial charge in [0.25, 0.3) is 0 Å². The third kappa shape index (κ3) is 3.39. The first kappa shape index (κ1) is 16.0. The molecule has 3 heteroatoms. The Balaban J connectivity index is 1.98. The molecule has 0 aliphatic heterocycles. The summed E-state index contributed by atoms with van der Waals surface area (Å²) in [5.41, 5.74) is 3.83. The van der Waals surface area contributed by atoms with E-state index in [1.54, 1.807) is 0 Å². The van der Waals surface area contributed by atoms with Crippen molar-refractivity contribution in [2.45, 2.75) is 52.0 Å². The van der Waals surface area contributed by atoms with Gasteiger partial charge in [0, 0.05) is 12.1 Å². The van der Waals surface area contributed by atoms with Crippen LogP contribution in [0.2, 0.25) is 0 Å². The second-order valence-electron chi connectivity index (χ2n) is 6.56. The standard InChI is InChI=1S/C19H24IN2/c1-14(2)18-17(20)19(16-11-7-4-8-12-16)22(21-18)13-15-9-5-3-6-10-15/h3-4,7-8,11-12,14-15H,5-6,9-10,13H2,1-2H3. The molecule has 1 aromatic carbocycles. The van der Waals surface area contributed by atoms with Gasteiger partial charge in [-0.15, -0.1) is 0 Å². The van der Waals surface area contributed by atoms with Crippen molar-refractivity contribution >= 4 is 22.6 Å². The van der Waals surface area contributed by atoms with Crippen molar-refractivity contribution < 1.29 is 0 Å². The molecule has 1 heterocycles. The summed E-state index contributed by atoms with van der Waals surface area (Å²) in [5.74, 6) is 1.23. The van der Waals surface area contributed by atoms with Crippen molar-refractivity contribution in [3.8, 4) is 11.3 Å². The molecule has 0 unspecified atom stereocenters. The van der Waals surface area contributed by atoms with Gasteiger partial charge in [0.05, 0.1) is 15.0 Å². The first-order chi connectivity index (χ1) is 10.7. The molecule has 0 amide bonds. The lowest BCUT2D eigenvalue weighted by molar-refractivity contribution is 0.341. The first-order valence-electron chi connectivity index (χ1n) is 8.30. The van der Waals surface area contributed by atoms with E-state index in [0.29, 0.717) is 5.92 Å². The molecular formula is C19H24IN2. The summed E-state index contributed by atoms with van der Waals surface area (Å²) >= 11 is 2.49. The van der Waals surface area contributed by atoms with E-state index < -0.39 is 0 Å². The molecular weight excluding hydrogens is 383 g/mol.